The van der Waals surface area contributed by atoms with E-state index in [-0.39, 0.29) is 0 Å². The van der Waals surface area contributed by atoms with E-state index in [1.807, 2.05) is 31.2 Å². The number of hydrogen-bond donors (Lipinski definition) is 2. The molecule has 0 radical (unpaired) electrons. The van der Waals surface area contributed by atoms with Crippen molar-refractivity contribution in [2.45, 2.75) is 13.8 Å². The topological polar surface area (TPSA) is 38.0 Å². The molecular formula is C11H20N2. The molecular weight excluding hydrogens is 160 g/mol. The fraction of sp³-hybridized carbons (Fsp3) is 0.455. The highest BCUT2D eigenvalue weighted by Crippen LogP contribution is 1.90. The van der Waals surface area contributed by atoms with E-state index in [2.05, 4.69) is 18.3 Å². The molecule has 0 bridgehead atoms. The molecule has 0 aromatic heterocycles. The van der Waals surface area contributed by atoms with Crippen LogP contribution in [-0.2, 0) is 0 Å². The second-order valence-electron chi connectivity index (χ2n) is 2.89. The van der Waals surface area contributed by atoms with Gasteiger partial charge < -0.3 is 11.1 Å². The first kappa shape index (κ1) is 12.1. The zero-order valence-electron chi connectivity index (χ0n) is 8.59. The largest absolute Gasteiger partial charge is 0.329 e. The highest BCUT2D eigenvalue weighted by atomic mass is 14.9. The molecule has 0 aliphatic rings. The molecule has 0 unspecified atom stereocenters. The smallest absolute Gasteiger partial charge is 0.0165 e. The Labute approximate surface area is 81.2 Å². The van der Waals surface area contributed by atoms with Crippen LogP contribution in [-0.4, -0.2) is 19.6 Å². The summed E-state index contributed by atoms with van der Waals surface area (Å²) in [7, 11) is 0. The zero-order valence-corrected chi connectivity index (χ0v) is 8.59. The van der Waals surface area contributed by atoms with E-state index in [1.54, 1.807) is 0 Å². The van der Waals surface area contributed by atoms with Gasteiger partial charge in [0.25, 0.3) is 0 Å². The summed E-state index contributed by atoms with van der Waals surface area (Å²) < 4.78 is 0. The van der Waals surface area contributed by atoms with Crippen molar-refractivity contribution in [1.29, 1.82) is 0 Å². The minimum absolute atomic E-state index is 0.696. The lowest BCUT2D eigenvalue weighted by molar-refractivity contribution is 0.736. The maximum absolute atomic E-state index is 5.35. The Morgan fingerprint density at radius 2 is 2.08 bits per heavy atom. The fourth-order valence-electron chi connectivity index (χ4n) is 0.842. The molecule has 0 spiro atoms. The third kappa shape index (κ3) is 9.05. The molecule has 74 valence electrons. The maximum atomic E-state index is 5.35. The lowest BCUT2D eigenvalue weighted by Crippen LogP contribution is -2.23. The van der Waals surface area contributed by atoms with Crippen molar-refractivity contribution in [3.8, 4) is 0 Å². The van der Waals surface area contributed by atoms with Crippen molar-refractivity contribution in [1.82, 2.24) is 5.32 Å². The fourth-order valence-corrected chi connectivity index (χ4v) is 0.842. The molecule has 0 rings (SSSR count). The molecule has 0 aromatic rings. The van der Waals surface area contributed by atoms with Gasteiger partial charge in [0.2, 0.25) is 0 Å². The van der Waals surface area contributed by atoms with Crippen LogP contribution < -0.4 is 11.1 Å². The van der Waals surface area contributed by atoms with Gasteiger partial charge in [0.05, 0.1) is 0 Å². The Morgan fingerprint density at radius 1 is 1.31 bits per heavy atom. The zero-order chi connectivity index (χ0) is 9.94. The molecule has 0 aliphatic heterocycles. The SMILES string of the molecule is C\C=C/C=C\C=C(/C)CNCCN. The van der Waals surface area contributed by atoms with Crippen LogP contribution in [0.3, 0.4) is 0 Å². The minimum Gasteiger partial charge on any atom is -0.329 e. The maximum Gasteiger partial charge on any atom is 0.0165 e. The molecule has 0 fully saturated rings. The second kappa shape index (κ2) is 9.23. The normalized spacial score (nSPS) is 13.3. The van der Waals surface area contributed by atoms with Crippen molar-refractivity contribution in [3.05, 3.63) is 36.0 Å². The van der Waals surface area contributed by atoms with Crippen molar-refractivity contribution in [3.63, 3.8) is 0 Å². The molecule has 0 amide bonds. The summed E-state index contributed by atoms with van der Waals surface area (Å²) in [5.41, 5.74) is 6.66. The van der Waals surface area contributed by atoms with Gasteiger partial charge in [-0.05, 0) is 13.8 Å². The predicted molar refractivity (Wildman–Crippen MR) is 59.6 cm³/mol. The van der Waals surface area contributed by atoms with Crippen molar-refractivity contribution >= 4 is 0 Å². The number of hydrogen-bond acceptors (Lipinski definition) is 2. The Hall–Kier alpha value is -0.860. The summed E-state index contributed by atoms with van der Waals surface area (Å²) in [6, 6.07) is 0. The summed E-state index contributed by atoms with van der Waals surface area (Å²) in [4.78, 5) is 0. The number of nitrogens with two attached hydrogens (primary N) is 1. The molecule has 0 saturated heterocycles. The molecule has 0 aromatic carbocycles. The predicted octanol–water partition coefficient (Wildman–Crippen LogP) is 1.61. The quantitative estimate of drug-likeness (QED) is 0.481. The summed E-state index contributed by atoms with van der Waals surface area (Å²) in [5.74, 6) is 0. The van der Waals surface area contributed by atoms with Gasteiger partial charge in [-0.1, -0.05) is 36.0 Å². The van der Waals surface area contributed by atoms with Crippen LogP contribution in [0, 0.1) is 0 Å². The Bertz CT molecular complexity index is 190. The van der Waals surface area contributed by atoms with E-state index in [9.17, 15) is 0 Å². The van der Waals surface area contributed by atoms with Gasteiger partial charge in [-0.15, -0.1) is 0 Å². The minimum atomic E-state index is 0.696. The van der Waals surface area contributed by atoms with Gasteiger partial charge in [0, 0.05) is 19.6 Å². The lowest BCUT2D eigenvalue weighted by atomic mass is 10.2. The van der Waals surface area contributed by atoms with Gasteiger partial charge in [-0.3, -0.25) is 0 Å². The van der Waals surface area contributed by atoms with E-state index in [0.717, 1.165) is 13.1 Å². The van der Waals surface area contributed by atoms with Gasteiger partial charge >= 0.3 is 0 Å². The standard InChI is InChI=1S/C11H20N2/c1-3-4-5-6-7-11(2)10-13-9-8-12/h3-7,13H,8-10,12H2,1-2H3/b4-3-,6-5-,11-7+. The average Bonchev–Trinajstić information content (AvgIpc) is 2.13. The van der Waals surface area contributed by atoms with Crippen LogP contribution in [0.4, 0.5) is 0 Å². The Kier molecular flexibility index (Phi) is 8.62. The summed E-state index contributed by atoms with van der Waals surface area (Å²) in [5, 5.41) is 3.23. The number of rotatable bonds is 6. The Balaban J connectivity index is 3.62. The van der Waals surface area contributed by atoms with Gasteiger partial charge in [-0.25, -0.2) is 0 Å². The van der Waals surface area contributed by atoms with Crippen LogP contribution in [0.5, 0.6) is 0 Å². The third-order valence-electron chi connectivity index (χ3n) is 1.52. The van der Waals surface area contributed by atoms with Gasteiger partial charge in [0.1, 0.15) is 0 Å². The van der Waals surface area contributed by atoms with Crippen LogP contribution in [0.25, 0.3) is 0 Å². The van der Waals surface area contributed by atoms with Crippen LogP contribution in [0.1, 0.15) is 13.8 Å². The third-order valence-corrected chi connectivity index (χ3v) is 1.52. The van der Waals surface area contributed by atoms with Crippen LogP contribution >= 0.6 is 0 Å². The Morgan fingerprint density at radius 3 is 2.69 bits per heavy atom. The molecule has 2 nitrogen and oxygen atoms in total. The molecule has 0 atom stereocenters. The number of allylic oxidation sites excluding steroid dienone is 5. The van der Waals surface area contributed by atoms with Crippen molar-refractivity contribution in [2.24, 2.45) is 5.73 Å². The molecule has 0 aliphatic carbocycles. The van der Waals surface area contributed by atoms with E-state index in [0.29, 0.717) is 6.54 Å². The van der Waals surface area contributed by atoms with Gasteiger partial charge in [-0.2, -0.15) is 0 Å². The average molecular weight is 180 g/mol. The summed E-state index contributed by atoms with van der Waals surface area (Å²) in [6.07, 6.45) is 10.2. The molecule has 13 heavy (non-hydrogen) atoms. The van der Waals surface area contributed by atoms with E-state index in [4.69, 9.17) is 5.73 Å². The molecule has 2 heteroatoms. The molecule has 0 heterocycles. The first-order chi connectivity index (χ1) is 6.31. The van der Waals surface area contributed by atoms with Gasteiger partial charge in [0.15, 0.2) is 0 Å². The lowest BCUT2D eigenvalue weighted by Gasteiger charge is -2.01. The molecule has 0 saturated carbocycles. The van der Waals surface area contributed by atoms with E-state index < -0.39 is 0 Å². The van der Waals surface area contributed by atoms with Crippen LogP contribution in [0.15, 0.2) is 36.0 Å². The van der Waals surface area contributed by atoms with E-state index >= 15 is 0 Å². The monoisotopic (exact) mass is 180 g/mol. The first-order valence-corrected chi connectivity index (χ1v) is 4.67. The highest BCUT2D eigenvalue weighted by molar-refractivity contribution is 5.15. The van der Waals surface area contributed by atoms with Crippen molar-refractivity contribution in [2.75, 3.05) is 19.6 Å². The summed E-state index contributed by atoms with van der Waals surface area (Å²) >= 11 is 0. The summed E-state index contributed by atoms with van der Waals surface area (Å²) in [6.45, 7) is 6.59. The van der Waals surface area contributed by atoms with Crippen molar-refractivity contribution < 1.29 is 0 Å². The number of nitrogens with one attached hydrogen (secondary N) is 1. The highest BCUT2D eigenvalue weighted by Gasteiger charge is 1.85. The second-order valence-corrected chi connectivity index (χ2v) is 2.89. The van der Waals surface area contributed by atoms with Crippen LogP contribution in [0.2, 0.25) is 0 Å². The molecule has 3 N–H and O–H groups in total. The first-order valence-electron chi connectivity index (χ1n) is 4.67. The van der Waals surface area contributed by atoms with E-state index in [1.165, 1.54) is 5.57 Å².